The molecule has 0 saturated carbocycles. The van der Waals surface area contributed by atoms with Crippen LogP contribution in [0.25, 0.3) is 10.9 Å². The Kier molecular flexibility index (Phi) is 6.14. The summed E-state index contributed by atoms with van der Waals surface area (Å²) in [5.41, 5.74) is 6.07. The van der Waals surface area contributed by atoms with Gasteiger partial charge in [0.1, 0.15) is 0 Å². The Morgan fingerprint density at radius 3 is 2.37 bits per heavy atom. The fourth-order valence-electron chi connectivity index (χ4n) is 5.78. The van der Waals surface area contributed by atoms with E-state index in [9.17, 15) is 4.79 Å². The number of aryl methyl sites for hydroxylation is 1. The van der Waals surface area contributed by atoms with Crippen LogP contribution in [-0.2, 0) is 16.9 Å². The van der Waals surface area contributed by atoms with Crippen LogP contribution in [0.5, 0.6) is 0 Å². The van der Waals surface area contributed by atoms with Crippen LogP contribution in [0.4, 0.5) is 5.69 Å². The van der Waals surface area contributed by atoms with E-state index in [0.717, 1.165) is 57.8 Å². The number of thioether (sulfide) groups is 1. The van der Waals surface area contributed by atoms with Crippen molar-refractivity contribution in [2.24, 2.45) is 0 Å². The smallest absolute Gasteiger partial charge is 0.340 e. The number of benzene rings is 3. The van der Waals surface area contributed by atoms with Gasteiger partial charge in [-0.3, -0.25) is 0 Å². The van der Waals surface area contributed by atoms with Gasteiger partial charge in [0, 0.05) is 63.5 Å². The van der Waals surface area contributed by atoms with Gasteiger partial charge in [-0.15, -0.1) is 11.8 Å². The fraction of sp³-hybridized carbons (Fsp3) is 0.300. The maximum absolute atomic E-state index is 13.4. The maximum Gasteiger partial charge on any atom is 0.340 e. The van der Waals surface area contributed by atoms with Gasteiger partial charge in [0.25, 0.3) is 0 Å². The third-order valence-corrected chi connectivity index (χ3v) is 8.14. The summed E-state index contributed by atoms with van der Waals surface area (Å²) in [6.07, 6.45) is 2.10. The number of cyclic esters (lactones) is 1. The summed E-state index contributed by atoms with van der Waals surface area (Å²) in [5.74, 6) is -0.270. The van der Waals surface area contributed by atoms with E-state index in [0.29, 0.717) is 5.56 Å². The summed E-state index contributed by atoms with van der Waals surface area (Å²) < 4.78 is 8.88. The number of hydrogen-bond acceptors (Lipinski definition) is 4. The summed E-state index contributed by atoms with van der Waals surface area (Å²) in [4.78, 5) is 16.8. The number of aromatic nitrogens is 1. The number of hydrogen-bond donors (Lipinski definition) is 0. The van der Waals surface area contributed by atoms with E-state index in [2.05, 4.69) is 91.9 Å². The van der Waals surface area contributed by atoms with Gasteiger partial charge in [0.15, 0.2) is 5.60 Å². The molecule has 3 aromatic carbocycles. The van der Waals surface area contributed by atoms with Gasteiger partial charge in [0.2, 0.25) is 0 Å². The topological polar surface area (TPSA) is 34.5 Å². The molecular weight excluding hydrogens is 452 g/mol. The van der Waals surface area contributed by atoms with Gasteiger partial charge in [-0.05, 0) is 58.2 Å². The van der Waals surface area contributed by atoms with Crippen molar-refractivity contribution < 1.29 is 9.53 Å². The summed E-state index contributed by atoms with van der Waals surface area (Å²) in [5, 5.41) is 1.12. The molecule has 0 amide bonds. The number of para-hydroxylation sites is 1. The molecule has 1 aromatic heterocycles. The minimum absolute atomic E-state index is 0.270. The first-order chi connectivity index (χ1) is 17.0. The number of fused-ring (bicyclic) bond motifs is 2. The highest BCUT2D eigenvalue weighted by Gasteiger charge is 2.52. The predicted molar refractivity (Wildman–Crippen MR) is 146 cm³/mol. The highest BCUT2D eigenvalue weighted by molar-refractivity contribution is 7.98. The summed E-state index contributed by atoms with van der Waals surface area (Å²) in [6.45, 7) is 11.4. The largest absolute Gasteiger partial charge is 0.440 e. The van der Waals surface area contributed by atoms with Gasteiger partial charge in [-0.25, -0.2) is 4.79 Å². The Morgan fingerprint density at radius 2 is 1.66 bits per heavy atom. The van der Waals surface area contributed by atoms with Crippen LogP contribution in [0.2, 0.25) is 0 Å². The average molecular weight is 485 g/mol. The molecule has 1 unspecified atom stereocenters. The number of carbonyl (C=O) groups is 1. The maximum atomic E-state index is 13.4. The lowest BCUT2D eigenvalue weighted by Crippen LogP contribution is -2.31. The van der Waals surface area contributed by atoms with Gasteiger partial charge >= 0.3 is 5.97 Å². The summed E-state index contributed by atoms with van der Waals surface area (Å²) >= 11 is 1.70. The normalized spacial score (nSPS) is 17.0. The minimum atomic E-state index is -1.02. The van der Waals surface area contributed by atoms with Gasteiger partial charge < -0.3 is 14.2 Å². The predicted octanol–water partition coefficient (Wildman–Crippen LogP) is 7.00. The molecule has 1 atom stereocenters. The van der Waals surface area contributed by atoms with Crippen molar-refractivity contribution in [3.05, 3.63) is 94.7 Å². The number of esters is 1. The number of nitrogens with zero attached hydrogens (tertiary/aromatic N) is 2. The van der Waals surface area contributed by atoms with Crippen molar-refractivity contribution in [2.75, 3.05) is 24.2 Å². The molecule has 0 N–H and O–H groups in total. The van der Waals surface area contributed by atoms with Crippen molar-refractivity contribution in [1.29, 1.82) is 0 Å². The monoisotopic (exact) mass is 484 g/mol. The first-order valence-corrected chi connectivity index (χ1v) is 13.6. The standard InChI is InChI=1S/C30H32N2O2S/c1-6-31(7-2)21-17-18-25(27(19-21)35-5)30(24-15-11-9-13-22(24)29(33)34-30)28-20(4)32(8-3)26-16-12-10-14-23(26)28/h9-19H,6-8H2,1-5H3. The van der Waals surface area contributed by atoms with Crippen LogP contribution >= 0.6 is 11.8 Å². The minimum Gasteiger partial charge on any atom is -0.440 e. The molecule has 0 radical (unpaired) electrons. The van der Waals surface area contributed by atoms with E-state index in [1.54, 1.807) is 11.8 Å². The molecule has 0 saturated heterocycles. The van der Waals surface area contributed by atoms with Crippen molar-refractivity contribution in [3.63, 3.8) is 0 Å². The Morgan fingerprint density at radius 1 is 0.943 bits per heavy atom. The Hall–Kier alpha value is -3.18. The zero-order chi connectivity index (χ0) is 24.7. The van der Waals surface area contributed by atoms with Gasteiger partial charge in [-0.1, -0.05) is 42.5 Å². The second-order valence-electron chi connectivity index (χ2n) is 8.89. The Balaban J connectivity index is 1.90. The van der Waals surface area contributed by atoms with E-state index in [1.807, 2.05) is 18.2 Å². The average Bonchev–Trinajstić information content (AvgIpc) is 3.35. The Labute approximate surface area is 211 Å². The van der Waals surface area contributed by atoms with Crippen LogP contribution in [-0.4, -0.2) is 29.9 Å². The molecule has 2 heterocycles. The fourth-order valence-corrected chi connectivity index (χ4v) is 6.45. The number of ether oxygens (including phenoxy) is 1. The zero-order valence-corrected chi connectivity index (χ0v) is 21.9. The van der Waals surface area contributed by atoms with Crippen molar-refractivity contribution in [3.8, 4) is 0 Å². The first kappa shape index (κ1) is 23.6. The SMILES string of the molecule is CCN(CC)c1ccc(C2(c3c(C)n(CC)c4ccccc34)OC(=O)c3ccccc32)c(SC)c1. The highest BCUT2D eigenvalue weighted by atomic mass is 32.2. The van der Waals surface area contributed by atoms with E-state index >= 15 is 0 Å². The summed E-state index contributed by atoms with van der Waals surface area (Å²) in [6, 6.07) is 22.9. The van der Waals surface area contributed by atoms with Crippen LogP contribution in [0.1, 0.15) is 53.5 Å². The number of carbonyl (C=O) groups excluding carboxylic acids is 1. The molecule has 35 heavy (non-hydrogen) atoms. The van der Waals surface area contributed by atoms with Crippen molar-refractivity contribution >= 4 is 34.3 Å². The molecule has 5 rings (SSSR count). The van der Waals surface area contributed by atoms with E-state index in [-0.39, 0.29) is 5.97 Å². The lowest BCUT2D eigenvalue weighted by molar-refractivity contribution is 0.0246. The van der Waals surface area contributed by atoms with Crippen molar-refractivity contribution in [1.82, 2.24) is 4.57 Å². The van der Waals surface area contributed by atoms with E-state index in [4.69, 9.17) is 4.74 Å². The molecule has 1 aliphatic rings. The quantitative estimate of drug-likeness (QED) is 0.209. The van der Waals surface area contributed by atoms with Gasteiger partial charge in [-0.2, -0.15) is 0 Å². The summed E-state index contributed by atoms with van der Waals surface area (Å²) in [7, 11) is 0. The van der Waals surface area contributed by atoms with Crippen LogP contribution in [0, 0.1) is 6.92 Å². The molecule has 0 spiro atoms. The van der Waals surface area contributed by atoms with Crippen LogP contribution < -0.4 is 4.90 Å². The number of anilines is 1. The van der Waals surface area contributed by atoms with E-state index in [1.165, 1.54) is 5.69 Å². The molecule has 0 aliphatic carbocycles. The molecule has 0 fully saturated rings. The molecule has 4 aromatic rings. The zero-order valence-electron chi connectivity index (χ0n) is 21.1. The molecular formula is C30H32N2O2S. The molecule has 180 valence electrons. The second kappa shape index (κ2) is 9.12. The van der Waals surface area contributed by atoms with Gasteiger partial charge in [0.05, 0.1) is 5.56 Å². The lowest BCUT2D eigenvalue weighted by Gasteiger charge is -2.33. The number of rotatable bonds is 7. The molecule has 5 heteroatoms. The van der Waals surface area contributed by atoms with Crippen molar-refractivity contribution in [2.45, 2.75) is 44.7 Å². The molecule has 0 bridgehead atoms. The second-order valence-corrected chi connectivity index (χ2v) is 9.74. The third-order valence-electron chi connectivity index (χ3n) is 7.36. The highest BCUT2D eigenvalue weighted by Crippen LogP contribution is 2.53. The van der Waals surface area contributed by atoms with E-state index < -0.39 is 5.60 Å². The molecule has 4 nitrogen and oxygen atoms in total. The molecule has 1 aliphatic heterocycles. The first-order valence-electron chi connectivity index (χ1n) is 12.4. The van der Waals surface area contributed by atoms with Crippen LogP contribution in [0.15, 0.2) is 71.6 Å². The Bertz CT molecular complexity index is 1420. The lowest BCUT2D eigenvalue weighted by atomic mass is 9.78. The van der Waals surface area contributed by atoms with Crippen LogP contribution in [0.3, 0.4) is 0 Å². The third kappa shape index (κ3) is 3.40.